The Morgan fingerprint density at radius 2 is 1.90 bits per heavy atom. The van der Waals surface area contributed by atoms with Gasteiger partial charge in [0.25, 0.3) is 0 Å². The minimum atomic E-state index is 0. The number of ether oxygens (including phenoxy) is 2. The first-order chi connectivity index (χ1) is 8.90. The van der Waals surface area contributed by atoms with Crippen LogP contribution in [0.25, 0.3) is 0 Å². The lowest BCUT2D eigenvalue weighted by atomic mass is 10.2. The van der Waals surface area contributed by atoms with E-state index in [-0.39, 0.29) is 24.8 Å². The van der Waals surface area contributed by atoms with Crippen LogP contribution in [0, 0.1) is 0 Å². The number of morpholine rings is 1. The fourth-order valence-electron chi connectivity index (χ4n) is 2.13. The van der Waals surface area contributed by atoms with Gasteiger partial charge in [0, 0.05) is 38.3 Å². The van der Waals surface area contributed by atoms with Crippen LogP contribution in [0.5, 0.6) is 5.75 Å². The standard InChI is InChI=1S/C14H22N2O2.2ClH/c1-17-14-5-3-2-4-13(14)12-15-6-7-16-8-10-18-11-9-16;;/h2-5,15H,6-12H2,1H3;2*1H. The number of benzene rings is 1. The second-order valence-corrected chi connectivity index (χ2v) is 4.44. The van der Waals surface area contributed by atoms with Crippen molar-refractivity contribution >= 4 is 24.8 Å². The first kappa shape index (κ1) is 19.5. The summed E-state index contributed by atoms with van der Waals surface area (Å²) in [5, 5.41) is 3.46. The van der Waals surface area contributed by atoms with Crippen molar-refractivity contribution in [2.45, 2.75) is 6.54 Å². The maximum Gasteiger partial charge on any atom is 0.123 e. The number of para-hydroxylation sites is 1. The number of nitrogens with one attached hydrogen (secondary N) is 1. The van der Waals surface area contributed by atoms with Crippen LogP contribution in [0.4, 0.5) is 0 Å². The molecule has 1 aromatic carbocycles. The lowest BCUT2D eigenvalue weighted by Crippen LogP contribution is -2.40. The van der Waals surface area contributed by atoms with Crippen LogP contribution in [0.3, 0.4) is 0 Å². The Labute approximate surface area is 133 Å². The molecule has 1 aromatic rings. The van der Waals surface area contributed by atoms with Crippen LogP contribution in [0.2, 0.25) is 0 Å². The Kier molecular flexibility index (Phi) is 10.9. The number of methoxy groups -OCH3 is 1. The molecule has 2 rings (SSSR count). The van der Waals surface area contributed by atoms with E-state index in [4.69, 9.17) is 9.47 Å². The normalized spacial score (nSPS) is 15.1. The van der Waals surface area contributed by atoms with Gasteiger partial charge in [-0.1, -0.05) is 18.2 Å². The van der Waals surface area contributed by atoms with Gasteiger partial charge in [0.05, 0.1) is 20.3 Å². The molecule has 0 saturated carbocycles. The Morgan fingerprint density at radius 3 is 2.60 bits per heavy atom. The van der Waals surface area contributed by atoms with E-state index in [0.29, 0.717) is 0 Å². The van der Waals surface area contributed by atoms with Gasteiger partial charge in [0.2, 0.25) is 0 Å². The van der Waals surface area contributed by atoms with Gasteiger partial charge in [0.1, 0.15) is 5.75 Å². The van der Waals surface area contributed by atoms with Gasteiger partial charge in [-0.2, -0.15) is 0 Å². The van der Waals surface area contributed by atoms with Gasteiger partial charge < -0.3 is 14.8 Å². The number of hydrogen-bond donors (Lipinski definition) is 1. The second kappa shape index (κ2) is 11.2. The highest BCUT2D eigenvalue weighted by Crippen LogP contribution is 2.16. The third kappa shape index (κ3) is 6.29. The van der Waals surface area contributed by atoms with E-state index in [0.717, 1.165) is 51.7 Å². The molecule has 0 radical (unpaired) electrons. The summed E-state index contributed by atoms with van der Waals surface area (Å²) in [7, 11) is 1.71. The molecule has 0 spiro atoms. The third-order valence-corrected chi connectivity index (χ3v) is 3.22. The first-order valence-corrected chi connectivity index (χ1v) is 6.53. The average Bonchev–Trinajstić information content (AvgIpc) is 2.45. The zero-order valence-corrected chi connectivity index (χ0v) is 13.5. The topological polar surface area (TPSA) is 33.7 Å². The minimum absolute atomic E-state index is 0. The van der Waals surface area contributed by atoms with E-state index in [1.165, 1.54) is 5.56 Å². The first-order valence-electron chi connectivity index (χ1n) is 6.53. The van der Waals surface area contributed by atoms with Crippen molar-refractivity contribution in [3.63, 3.8) is 0 Å². The zero-order chi connectivity index (χ0) is 12.6. The van der Waals surface area contributed by atoms with Crippen molar-refractivity contribution in [2.24, 2.45) is 0 Å². The van der Waals surface area contributed by atoms with Crippen molar-refractivity contribution < 1.29 is 9.47 Å². The molecule has 1 heterocycles. The summed E-state index contributed by atoms with van der Waals surface area (Å²) < 4.78 is 10.7. The molecule has 1 aliphatic heterocycles. The van der Waals surface area contributed by atoms with Crippen molar-refractivity contribution in [3.8, 4) is 5.75 Å². The predicted molar refractivity (Wildman–Crippen MR) is 86.5 cm³/mol. The monoisotopic (exact) mass is 322 g/mol. The van der Waals surface area contributed by atoms with E-state index >= 15 is 0 Å². The summed E-state index contributed by atoms with van der Waals surface area (Å²) in [5.41, 5.74) is 1.21. The largest absolute Gasteiger partial charge is 0.496 e. The molecule has 6 heteroatoms. The van der Waals surface area contributed by atoms with Gasteiger partial charge in [-0.25, -0.2) is 0 Å². The van der Waals surface area contributed by atoms with Crippen LogP contribution in [-0.4, -0.2) is 51.4 Å². The highest BCUT2D eigenvalue weighted by molar-refractivity contribution is 5.85. The average molecular weight is 323 g/mol. The number of halogens is 2. The van der Waals surface area contributed by atoms with Crippen LogP contribution < -0.4 is 10.1 Å². The van der Waals surface area contributed by atoms with Gasteiger partial charge in [0.15, 0.2) is 0 Å². The van der Waals surface area contributed by atoms with E-state index in [2.05, 4.69) is 16.3 Å². The van der Waals surface area contributed by atoms with Crippen LogP contribution >= 0.6 is 24.8 Å². The summed E-state index contributed by atoms with van der Waals surface area (Å²) in [5.74, 6) is 0.955. The molecular weight excluding hydrogens is 299 g/mol. The predicted octanol–water partition coefficient (Wildman–Crippen LogP) is 1.96. The molecule has 1 fully saturated rings. The zero-order valence-electron chi connectivity index (χ0n) is 11.8. The summed E-state index contributed by atoms with van der Waals surface area (Å²) in [6, 6.07) is 8.14. The lowest BCUT2D eigenvalue weighted by Gasteiger charge is -2.26. The maximum atomic E-state index is 5.33. The second-order valence-electron chi connectivity index (χ2n) is 4.44. The Morgan fingerprint density at radius 1 is 1.20 bits per heavy atom. The van der Waals surface area contributed by atoms with E-state index in [1.807, 2.05) is 18.2 Å². The molecule has 4 nitrogen and oxygen atoms in total. The third-order valence-electron chi connectivity index (χ3n) is 3.22. The minimum Gasteiger partial charge on any atom is -0.496 e. The molecule has 0 aliphatic carbocycles. The van der Waals surface area contributed by atoms with Crippen LogP contribution in [0.15, 0.2) is 24.3 Å². The summed E-state index contributed by atoms with van der Waals surface area (Å²) in [4.78, 5) is 2.43. The molecule has 0 unspecified atom stereocenters. The fraction of sp³-hybridized carbons (Fsp3) is 0.571. The molecule has 1 aliphatic rings. The summed E-state index contributed by atoms with van der Waals surface area (Å²) >= 11 is 0. The van der Waals surface area contributed by atoms with Crippen LogP contribution in [0.1, 0.15) is 5.56 Å². The summed E-state index contributed by atoms with van der Waals surface area (Å²) in [6.07, 6.45) is 0. The maximum absolute atomic E-state index is 5.33. The molecule has 1 saturated heterocycles. The Balaban J connectivity index is 0.00000180. The highest BCUT2D eigenvalue weighted by Gasteiger charge is 2.09. The SMILES string of the molecule is COc1ccccc1CNCCN1CCOCC1.Cl.Cl. The number of rotatable bonds is 6. The Hall–Kier alpha value is -0.520. The smallest absolute Gasteiger partial charge is 0.123 e. The lowest BCUT2D eigenvalue weighted by molar-refractivity contribution is 0.0384. The number of nitrogens with zero attached hydrogens (tertiary/aromatic N) is 1. The van der Waals surface area contributed by atoms with Crippen LogP contribution in [-0.2, 0) is 11.3 Å². The van der Waals surface area contributed by atoms with E-state index < -0.39 is 0 Å². The Bertz CT molecular complexity index is 361. The van der Waals surface area contributed by atoms with E-state index in [9.17, 15) is 0 Å². The molecule has 0 aromatic heterocycles. The molecule has 0 atom stereocenters. The van der Waals surface area contributed by atoms with Gasteiger partial charge in [-0.15, -0.1) is 24.8 Å². The van der Waals surface area contributed by atoms with Crippen molar-refractivity contribution in [1.82, 2.24) is 10.2 Å². The van der Waals surface area contributed by atoms with Gasteiger partial charge in [-0.05, 0) is 6.07 Å². The molecule has 116 valence electrons. The molecular formula is C14H24Cl2N2O2. The quantitative estimate of drug-likeness (QED) is 0.812. The summed E-state index contributed by atoms with van der Waals surface area (Å²) in [6.45, 7) is 6.77. The molecule has 0 bridgehead atoms. The molecule has 0 amide bonds. The van der Waals surface area contributed by atoms with E-state index in [1.54, 1.807) is 7.11 Å². The number of hydrogen-bond acceptors (Lipinski definition) is 4. The van der Waals surface area contributed by atoms with Crippen molar-refractivity contribution in [3.05, 3.63) is 29.8 Å². The fourth-order valence-corrected chi connectivity index (χ4v) is 2.13. The molecule has 20 heavy (non-hydrogen) atoms. The van der Waals surface area contributed by atoms with Crippen molar-refractivity contribution in [2.75, 3.05) is 46.5 Å². The highest BCUT2D eigenvalue weighted by atomic mass is 35.5. The molecule has 1 N–H and O–H groups in total. The van der Waals surface area contributed by atoms with Gasteiger partial charge in [-0.3, -0.25) is 4.90 Å². The van der Waals surface area contributed by atoms with Gasteiger partial charge >= 0.3 is 0 Å². The van der Waals surface area contributed by atoms with Crippen molar-refractivity contribution in [1.29, 1.82) is 0 Å².